The van der Waals surface area contributed by atoms with Gasteiger partial charge >= 0.3 is 0 Å². The van der Waals surface area contributed by atoms with Gasteiger partial charge in [0.25, 0.3) is 0 Å². The number of fused-ring (bicyclic) bond motifs is 1. The molecule has 2 aliphatic rings. The van der Waals surface area contributed by atoms with E-state index in [0.717, 1.165) is 30.5 Å². The fraction of sp³-hybridized carbons (Fsp3) is 0.500. The van der Waals surface area contributed by atoms with E-state index < -0.39 is 12.2 Å². The molecule has 136 valence electrons. The van der Waals surface area contributed by atoms with Crippen molar-refractivity contribution in [1.82, 2.24) is 14.5 Å². The Morgan fingerprint density at radius 1 is 1.38 bits per heavy atom. The second-order valence-electron chi connectivity index (χ2n) is 6.93. The molecule has 4 rings (SSSR count). The predicted octanol–water partition coefficient (Wildman–Crippen LogP) is 1.69. The van der Waals surface area contributed by atoms with Gasteiger partial charge in [-0.25, -0.2) is 14.2 Å². The zero-order chi connectivity index (χ0) is 18.3. The second kappa shape index (κ2) is 6.57. The predicted molar refractivity (Wildman–Crippen MR) is 96.9 cm³/mol. The number of amides is 1. The SMILES string of the molecule is [C-]#[N+]c1ccc2nc(N3CC[C@H](F)[C@H](N)C3)n(CC(=O)N3CCC3)c2c1. The molecule has 1 aromatic heterocycles. The second-order valence-corrected chi connectivity index (χ2v) is 6.93. The Kier molecular flexibility index (Phi) is 4.24. The molecule has 3 heterocycles. The Morgan fingerprint density at radius 3 is 2.85 bits per heavy atom. The number of rotatable bonds is 3. The van der Waals surface area contributed by atoms with Crippen LogP contribution in [0.25, 0.3) is 15.9 Å². The number of carbonyl (C=O) groups excluding carboxylic acids is 1. The van der Waals surface area contributed by atoms with E-state index in [4.69, 9.17) is 12.3 Å². The maximum Gasteiger partial charge on any atom is 0.242 e. The molecule has 8 heteroatoms. The number of carbonyl (C=O) groups is 1. The van der Waals surface area contributed by atoms with Gasteiger partial charge in [0.2, 0.25) is 11.9 Å². The minimum atomic E-state index is -1.01. The Morgan fingerprint density at radius 2 is 2.19 bits per heavy atom. The smallest absolute Gasteiger partial charge is 0.242 e. The number of hydrogen-bond acceptors (Lipinski definition) is 4. The number of likely N-dealkylation sites (tertiary alicyclic amines) is 1. The molecular formula is C18H21FN6O. The summed E-state index contributed by atoms with van der Waals surface area (Å²) in [5, 5.41) is 0. The molecule has 1 amide bonds. The number of imidazole rings is 1. The molecule has 2 aliphatic heterocycles. The maximum absolute atomic E-state index is 13.8. The standard InChI is InChI=1S/C18H21FN6O/c1-21-12-3-4-15-16(9-12)25(11-17(26)23-6-2-7-23)18(22-15)24-8-5-13(19)14(20)10-24/h3-4,9,13-14H,2,5-8,10-11,20H2/t13-,14+/m0/s1. The van der Waals surface area contributed by atoms with Crippen LogP contribution in [0.3, 0.4) is 0 Å². The van der Waals surface area contributed by atoms with Crippen LogP contribution in [0.15, 0.2) is 18.2 Å². The Bertz CT molecular complexity index is 884. The number of alkyl halides is 1. The molecule has 2 aromatic rings. The highest BCUT2D eigenvalue weighted by Gasteiger charge is 2.30. The fourth-order valence-corrected chi connectivity index (χ4v) is 3.50. The molecule has 0 saturated carbocycles. The van der Waals surface area contributed by atoms with Crippen molar-refractivity contribution in [3.8, 4) is 0 Å². The van der Waals surface area contributed by atoms with Crippen LogP contribution in [0.2, 0.25) is 0 Å². The lowest BCUT2D eigenvalue weighted by molar-refractivity contribution is -0.135. The minimum absolute atomic E-state index is 0.0368. The first kappa shape index (κ1) is 16.8. The lowest BCUT2D eigenvalue weighted by Gasteiger charge is -2.35. The Labute approximate surface area is 151 Å². The molecule has 2 atom stereocenters. The average molecular weight is 356 g/mol. The Hall–Kier alpha value is -2.66. The molecule has 0 unspecified atom stereocenters. The van der Waals surface area contributed by atoms with Crippen molar-refractivity contribution in [1.29, 1.82) is 0 Å². The van der Waals surface area contributed by atoms with Crippen molar-refractivity contribution in [3.63, 3.8) is 0 Å². The molecule has 0 spiro atoms. The van der Waals surface area contributed by atoms with Gasteiger partial charge in [-0.15, -0.1) is 0 Å². The third kappa shape index (κ3) is 2.88. The first-order chi connectivity index (χ1) is 12.6. The van der Waals surface area contributed by atoms with Crippen LogP contribution in [0, 0.1) is 6.57 Å². The van der Waals surface area contributed by atoms with Gasteiger partial charge < -0.3 is 20.1 Å². The van der Waals surface area contributed by atoms with E-state index in [1.165, 1.54) is 0 Å². The number of anilines is 1. The van der Waals surface area contributed by atoms with E-state index in [2.05, 4.69) is 9.83 Å². The fourth-order valence-electron chi connectivity index (χ4n) is 3.50. The molecule has 0 aliphatic carbocycles. The monoisotopic (exact) mass is 356 g/mol. The van der Waals surface area contributed by atoms with Gasteiger partial charge in [0.05, 0.1) is 23.6 Å². The molecule has 0 bridgehead atoms. The molecule has 2 saturated heterocycles. The van der Waals surface area contributed by atoms with Crippen molar-refractivity contribution in [2.75, 3.05) is 31.1 Å². The lowest BCUT2D eigenvalue weighted by atomic mass is 10.1. The number of piperidine rings is 1. The molecular weight excluding hydrogens is 335 g/mol. The Balaban J connectivity index is 1.74. The summed E-state index contributed by atoms with van der Waals surface area (Å²) in [5.41, 5.74) is 7.88. The average Bonchev–Trinajstić information content (AvgIpc) is 2.93. The van der Waals surface area contributed by atoms with Gasteiger partial charge in [-0.1, -0.05) is 6.07 Å². The topological polar surface area (TPSA) is 71.8 Å². The van der Waals surface area contributed by atoms with Gasteiger partial charge in [-0.05, 0) is 25.0 Å². The van der Waals surface area contributed by atoms with E-state index in [1.807, 2.05) is 14.4 Å². The van der Waals surface area contributed by atoms with Crippen LogP contribution in [-0.2, 0) is 11.3 Å². The third-order valence-electron chi connectivity index (χ3n) is 5.20. The number of aromatic nitrogens is 2. The number of hydrogen-bond donors (Lipinski definition) is 1. The van der Waals surface area contributed by atoms with Crippen molar-refractivity contribution in [3.05, 3.63) is 29.6 Å². The number of halogens is 1. The highest BCUT2D eigenvalue weighted by atomic mass is 19.1. The lowest BCUT2D eigenvalue weighted by Crippen LogP contribution is -2.50. The summed E-state index contributed by atoms with van der Waals surface area (Å²) >= 11 is 0. The van der Waals surface area contributed by atoms with E-state index in [0.29, 0.717) is 31.1 Å². The van der Waals surface area contributed by atoms with E-state index in [-0.39, 0.29) is 12.5 Å². The molecule has 0 radical (unpaired) electrons. The van der Waals surface area contributed by atoms with Crippen molar-refractivity contribution < 1.29 is 9.18 Å². The quantitative estimate of drug-likeness (QED) is 0.850. The summed E-state index contributed by atoms with van der Waals surface area (Å²) in [5.74, 6) is 0.660. The summed E-state index contributed by atoms with van der Waals surface area (Å²) in [6, 6.07) is 4.69. The van der Waals surface area contributed by atoms with Gasteiger partial charge in [0.1, 0.15) is 12.7 Å². The summed E-state index contributed by atoms with van der Waals surface area (Å²) in [6.07, 6.45) is 0.363. The van der Waals surface area contributed by atoms with Crippen LogP contribution >= 0.6 is 0 Å². The van der Waals surface area contributed by atoms with Gasteiger partial charge in [0.15, 0.2) is 5.69 Å². The summed E-state index contributed by atoms with van der Waals surface area (Å²) in [4.78, 5) is 24.5. The van der Waals surface area contributed by atoms with E-state index in [1.54, 1.807) is 18.2 Å². The third-order valence-corrected chi connectivity index (χ3v) is 5.20. The number of benzene rings is 1. The normalized spacial score (nSPS) is 23.0. The van der Waals surface area contributed by atoms with Crippen LogP contribution in [0.5, 0.6) is 0 Å². The zero-order valence-electron chi connectivity index (χ0n) is 14.4. The first-order valence-electron chi connectivity index (χ1n) is 8.87. The first-order valence-corrected chi connectivity index (χ1v) is 8.87. The maximum atomic E-state index is 13.8. The molecule has 2 fully saturated rings. The van der Waals surface area contributed by atoms with Crippen LogP contribution in [0.4, 0.5) is 16.0 Å². The number of nitrogens with zero attached hydrogens (tertiary/aromatic N) is 5. The summed E-state index contributed by atoms with van der Waals surface area (Å²) < 4.78 is 15.6. The van der Waals surface area contributed by atoms with Gasteiger partial charge in [-0.3, -0.25) is 4.79 Å². The van der Waals surface area contributed by atoms with E-state index in [9.17, 15) is 9.18 Å². The summed E-state index contributed by atoms with van der Waals surface area (Å²) in [7, 11) is 0. The van der Waals surface area contributed by atoms with Crippen molar-refractivity contribution in [2.24, 2.45) is 5.73 Å². The highest BCUT2D eigenvalue weighted by molar-refractivity contribution is 5.86. The largest absolute Gasteiger partial charge is 0.341 e. The number of nitrogens with two attached hydrogens (primary N) is 1. The van der Waals surface area contributed by atoms with E-state index >= 15 is 0 Å². The van der Waals surface area contributed by atoms with Gasteiger partial charge in [-0.2, -0.15) is 0 Å². The highest BCUT2D eigenvalue weighted by Crippen LogP contribution is 2.29. The molecule has 7 nitrogen and oxygen atoms in total. The van der Waals surface area contributed by atoms with Crippen molar-refractivity contribution in [2.45, 2.75) is 31.6 Å². The van der Waals surface area contributed by atoms with Crippen LogP contribution in [-0.4, -0.2) is 58.8 Å². The zero-order valence-corrected chi connectivity index (χ0v) is 14.4. The molecule has 26 heavy (non-hydrogen) atoms. The van der Waals surface area contributed by atoms with Gasteiger partial charge in [0, 0.05) is 26.2 Å². The van der Waals surface area contributed by atoms with Crippen LogP contribution in [0.1, 0.15) is 12.8 Å². The summed E-state index contributed by atoms with van der Waals surface area (Å²) in [6.45, 7) is 9.84. The molecule has 1 aromatic carbocycles. The van der Waals surface area contributed by atoms with Crippen molar-refractivity contribution >= 4 is 28.6 Å². The van der Waals surface area contributed by atoms with Crippen LogP contribution < -0.4 is 10.6 Å². The molecule has 2 N–H and O–H groups in total. The minimum Gasteiger partial charge on any atom is -0.341 e.